The van der Waals surface area contributed by atoms with Gasteiger partial charge in [-0.25, -0.2) is 15.0 Å². The fourth-order valence-corrected chi connectivity index (χ4v) is 6.56. The number of pyridine rings is 2. The first-order chi connectivity index (χ1) is 22.8. The molecule has 0 unspecified atom stereocenters. The molecule has 0 aliphatic carbocycles. The Morgan fingerprint density at radius 3 is 1.59 bits per heavy atom. The summed E-state index contributed by atoms with van der Waals surface area (Å²) in [6.45, 7) is 0. The van der Waals surface area contributed by atoms with Crippen LogP contribution in [0.25, 0.3) is 88.5 Å². The summed E-state index contributed by atoms with van der Waals surface area (Å²) in [4.78, 5) is 20.6. The van der Waals surface area contributed by atoms with Crippen molar-refractivity contribution in [2.24, 2.45) is 0 Å². The Kier molecular flexibility index (Phi) is 6.10. The zero-order valence-electron chi connectivity index (χ0n) is 24.8. The van der Waals surface area contributed by atoms with Crippen LogP contribution in [-0.2, 0) is 0 Å². The highest BCUT2D eigenvalue weighted by Gasteiger charge is 2.18. The van der Waals surface area contributed by atoms with E-state index in [9.17, 15) is 0 Å². The molecule has 3 heterocycles. The Balaban J connectivity index is 1.30. The van der Waals surface area contributed by atoms with E-state index in [1.807, 2.05) is 48.7 Å². The van der Waals surface area contributed by atoms with Gasteiger partial charge >= 0.3 is 0 Å². The van der Waals surface area contributed by atoms with Gasteiger partial charge in [-0.3, -0.25) is 4.98 Å². The van der Waals surface area contributed by atoms with Gasteiger partial charge in [0, 0.05) is 44.6 Å². The van der Waals surface area contributed by atoms with Gasteiger partial charge < -0.3 is 0 Å². The number of rotatable bonds is 4. The van der Waals surface area contributed by atoms with Crippen LogP contribution >= 0.6 is 0 Å². The summed E-state index contributed by atoms with van der Waals surface area (Å²) in [5.41, 5.74) is 8.56. The predicted molar refractivity (Wildman–Crippen MR) is 189 cm³/mol. The third kappa shape index (κ3) is 4.31. The van der Waals surface area contributed by atoms with Gasteiger partial charge in [0.1, 0.15) is 0 Å². The summed E-state index contributed by atoms with van der Waals surface area (Å²) in [5.74, 6) is 0.668. The average Bonchev–Trinajstić information content (AvgIpc) is 3.15. The molecule has 0 bridgehead atoms. The number of fused-ring (bicyclic) bond motifs is 8. The summed E-state index contributed by atoms with van der Waals surface area (Å²) in [6.07, 6.45) is 1.87. The topological polar surface area (TPSA) is 51.6 Å². The Labute approximate surface area is 265 Å². The third-order valence-electron chi connectivity index (χ3n) is 8.69. The van der Waals surface area contributed by atoms with Crippen LogP contribution < -0.4 is 0 Å². The Bertz CT molecular complexity index is 2520. The highest BCUT2D eigenvalue weighted by Crippen LogP contribution is 2.40. The van der Waals surface area contributed by atoms with Crippen molar-refractivity contribution < 1.29 is 0 Å². The molecule has 0 aliphatic heterocycles. The maximum absolute atomic E-state index is 5.44. The average molecular weight is 587 g/mol. The first-order valence-electron chi connectivity index (χ1n) is 15.4. The number of hydrogen-bond donors (Lipinski definition) is 0. The van der Waals surface area contributed by atoms with Crippen LogP contribution in [-0.4, -0.2) is 19.9 Å². The molecule has 9 aromatic rings. The molecule has 0 saturated carbocycles. The SMILES string of the molecule is c1ccc(-c2cc(-c3ccccc3)nc(-c3cccc(-c4nc5c6ccccc6c6ccccc6c5c5ncccc45)c3)n2)cc1. The lowest BCUT2D eigenvalue weighted by Crippen LogP contribution is -1.97. The van der Waals surface area contributed by atoms with Crippen molar-refractivity contribution in [3.8, 4) is 45.2 Å². The maximum atomic E-state index is 5.44. The van der Waals surface area contributed by atoms with Crippen LogP contribution in [0, 0.1) is 0 Å². The first kappa shape index (κ1) is 26.2. The van der Waals surface area contributed by atoms with Gasteiger partial charge in [0.15, 0.2) is 5.82 Å². The predicted octanol–water partition coefficient (Wildman–Crippen LogP) is 10.5. The molecular weight excluding hydrogens is 560 g/mol. The second-order valence-corrected chi connectivity index (χ2v) is 11.4. The zero-order chi connectivity index (χ0) is 30.5. The molecule has 0 radical (unpaired) electrons. The number of nitrogens with zero attached hydrogens (tertiary/aromatic N) is 4. The van der Waals surface area contributed by atoms with Gasteiger partial charge in [0.2, 0.25) is 0 Å². The summed E-state index contributed by atoms with van der Waals surface area (Å²) in [7, 11) is 0. The van der Waals surface area contributed by atoms with Crippen molar-refractivity contribution in [2.75, 3.05) is 0 Å². The second-order valence-electron chi connectivity index (χ2n) is 11.4. The maximum Gasteiger partial charge on any atom is 0.160 e. The van der Waals surface area contributed by atoms with Gasteiger partial charge in [-0.15, -0.1) is 0 Å². The van der Waals surface area contributed by atoms with E-state index in [2.05, 4.69) is 109 Å². The van der Waals surface area contributed by atoms with Crippen LogP contribution in [0.3, 0.4) is 0 Å². The van der Waals surface area contributed by atoms with Crippen molar-refractivity contribution in [3.05, 3.63) is 158 Å². The zero-order valence-corrected chi connectivity index (χ0v) is 24.8. The highest BCUT2D eigenvalue weighted by atomic mass is 14.9. The van der Waals surface area contributed by atoms with E-state index >= 15 is 0 Å². The molecule has 0 N–H and O–H groups in total. The van der Waals surface area contributed by atoms with Crippen molar-refractivity contribution in [3.63, 3.8) is 0 Å². The molecule has 0 fully saturated rings. The minimum atomic E-state index is 0.668. The molecule has 3 aromatic heterocycles. The molecule has 0 amide bonds. The summed E-state index contributed by atoms with van der Waals surface area (Å²) in [5, 5.41) is 6.76. The molecule has 0 aliphatic rings. The minimum absolute atomic E-state index is 0.668. The monoisotopic (exact) mass is 586 g/mol. The van der Waals surface area contributed by atoms with Crippen LogP contribution in [0.1, 0.15) is 0 Å². The molecule has 0 saturated heterocycles. The van der Waals surface area contributed by atoms with Gasteiger partial charge in [-0.2, -0.15) is 0 Å². The fraction of sp³-hybridized carbons (Fsp3) is 0. The molecule has 0 atom stereocenters. The molecular formula is C42H26N4. The van der Waals surface area contributed by atoms with E-state index in [4.69, 9.17) is 19.9 Å². The lowest BCUT2D eigenvalue weighted by molar-refractivity contribution is 1.18. The van der Waals surface area contributed by atoms with E-state index in [-0.39, 0.29) is 0 Å². The molecule has 214 valence electrons. The standard InChI is InChI=1S/C42H26N4/c1-3-13-27(14-4-1)36-26-37(28-15-5-2-6-16-28)45-42(44-36)30-18-11-17-29(25-30)39-35-23-12-24-43-40(35)38-33-21-9-7-19-31(33)32-20-8-10-22-34(32)41(38)46-39/h1-26H. The van der Waals surface area contributed by atoms with Crippen LogP contribution in [0.15, 0.2) is 158 Å². The first-order valence-corrected chi connectivity index (χ1v) is 15.4. The quantitative estimate of drug-likeness (QED) is 0.193. The lowest BCUT2D eigenvalue weighted by Gasteiger charge is -2.15. The summed E-state index contributed by atoms with van der Waals surface area (Å²) < 4.78 is 0. The Morgan fingerprint density at radius 2 is 0.891 bits per heavy atom. The summed E-state index contributed by atoms with van der Waals surface area (Å²) in [6, 6.07) is 52.2. The highest BCUT2D eigenvalue weighted by molar-refractivity contribution is 6.30. The van der Waals surface area contributed by atoms with Gasteiger partial charge in [0.25, 0.3) is 0 Å². The van der Waals surface area contributed by atoms with Gasteiger partial charge in [-0.05, 0) is 40.4 Å². The molecule has 46 heavy (non-hydrogen) atoms. The van der Waals surface area contributed by atoms with Crippen molar-refractivity contribution in [1.82, 2.24) is 19.9 Å². The van der Waals surface area contributed by atoms with E-state index < -0.39 is 0 Å². The van der Waals surface area contributed by atoms with E-state index in [0.29, 0.717) is 5.82 Å². The van der Waals surface area contributed by atoms with E-state index in [1.54, 1.807) is 0 Å². The van der Waals surface area contributed by atoms with Crippen LogP contribution in [0.5, 0.6) is 0 Å². The van der Waals surface area contributed by atoms with Gasteiger partial charge in [0.05, 0.1) is 28.1 Å². The smallest absolute Gasteiger partial charge is 0.160 e. The van der Waals surface area contributed by atoms with Crippen LogP contribution in [0.4, 0.5) is 0 Å². The third-order valence-corrected chi connectivity index (χ3v) is 8.69. The molecule has 6 aromatic carbocycles. The molecule has 4 heteroatoms. The van der Waals surface area contributed by atoms with Crippen molar-refractivity contribution in [2.45, 2.75) is 0 Å². The van der Waals surface area contributed by atoms with Gasteiger partial charge in [-0.1, -0.05) is 127 Å². The van der Waals surface area contributed by atoms with Crippen LogP contribution in [0.2, 0.25) is 0 Å². The minimum Gasteiger partial charge on any atom is -0.255 e. The number of hydrogen-bond acceptors (Lipinski definition) is 4. The van der Waals surface area contributed by atoms with Crippen molar-refractivity contribution >= 4 is 43.4 Å². The number of benzene rings is 6. The molecule has 0 spiro atoms. The Hall–Kier alpha value is -6.26. The van der Waals surface area contributed by atoms with E-state index in [1.165, 1.54) is 10.8 Å². The lowest BCUT2D eigenvalue weighted by atomic mass is 9.94. The van der Waals surface area contributed by atoms with Crippen molar-refractivity contribution in [1.29, 1.82) is 0 Å². The van der Waals surface area contributed by atoms with E-state index in [0.717, 1.165) is 71.9 Å². The number of aromatic nitrogens is 4. The summed E-state index contributed by atoms with van der Waals surface area (Å²) >= 11 is 0. The Morgan fingerprint density at radius 1 is 0.348 bits per heavy atom. The molecule has 4 nitrogen and oxygen atoms in total. The normalized spacial score (nSPS) is 11.5. The largest absolute Gasteiger partial charge is 0.255 e. The second kappa shape index (κ2) is 10.7. The molecule has 9 rings (SSSR count). The fourth-order valence-electron chi connectivity index (χ4n) is 6.56.